The SMILES string of the molecule is COc1ccc(S(=O)(=O)NC(CN)C2CC2)c(C)c1F. The summed E-state index contributed by atoms with van der Waals surface area (Å²) in [4.78, 5) is -0.0742. The van der Waals surface area contributed by atoms with Gasteiger partial charge in [0, 0.05) is 18.2 Å². The minimum atomic E-state index is -3.78. The van der Waals surface area contributed by atoms with Crippen molar-refractivity contribution in [2.75, 3.05) is 13.7 Å². The van der Waals surface area contributed by atoms with Gasteiger partial charge in [-0.2, -0.15) is 0 Å². The summed E-state index contributed by atoms with van der Waals surface area (Å²) < 4.78 is 46.0. The number of sulfonamides is 1. The van der Waals surface area contributed by atoms with Gasteiger partial charge in [0.15, 0.2) is 11.6 Å². The first kappa shape index (κ1) is 15.2. The van der Waals surface area contributed by atoms with Crippen LogP contribution in [0.25, 0.3) is 0 Å². The minimum Gasteiger partial charge on any atom is -0.494 e. The third kappa shape index (κ3) is 2.94. The summed E-state index contributed by atoms with van der Waals surface area (Å²) in [6.45, 7) is 1.66. The summed E-state index contributed by atoms with van der Waals surface area (Å²) >= 11 is 0. The van der Waals surface area contributed by atoms with Gasteiger partial charge < -0.3 is 10.5 Å². The largest absolute Gasteiger partial charge is 0.494 e. The summed E-state index contributed by atoms with van der Waals surface area (Å²) in [5.74, 6) is -0.344. The van der Waals surface area contributed by atoms with Gasteiger partial charge in [-0.25, -0.2) is 17.5 Å². The van der Waals surface area contributed by atoms with Crippen molar-refractivity contribution >= 4 is 10.0 Å². The molecule has 5 nitrogen and oxygen atoms in total. The molecule has 1 unspecified atom stereocenters. The lowest BCUT2D eigenvalue weighted by Crippen LogP contribution is -2.41. The van der Waals surface area contributed by atoms with E-state index in [1.54, 1.807) is 0 Å². The fourth-order valence-electron chi connectivity index (χ4n) is 2.19. The van der Waals surface area contributed by atoms with Gasteiger partial charge in [0.1, 0.15) is 0 Å². The van der Waals surface area contributed by atoms with Crippen LogP contribution in [0.15, 0.2) is 17.0 Å². The van der Waals surface area contributed by atoms with E-state index in [1.165, 1.54) is 26.2 Å². The molecule has 0 aromatic heterocycles. The van der Waals surface area contributed by atoms with Crippen LogP contribution in [-0.2, 0) is 10.0 Å². The van der Waals surface area contributed by atoms with Crippen molar-refractivity contribution in [1.29, 1.82) is 0 Å². The van der Waals surface area contributed by atoms with Gasteiger partial charge >= 0.3 is 0 Å². The monoisotopic (exact) mass is 302 g/mol. The number of nitrogens with one attached hydrogen (secondary N) is 1. The number of nitrogens with two attached hydrogens (primary N) is 1. The zero-order valence-electron chi connectivity index (χ0n) is 11.5. The fourth-order valence-corrected chi connectivity index (χ4v) is 3.74. The van der Waals surface area contributed by atoms with Crippen LogP contribution in [0.4, 0.5) is 4.39 Å². The normalized spacial score (nSPS) is 17.0. The second kappa shape index (κ2) is 5.67. The Morgan fingerprint density at radius 1 is 1.50 bits per heavy atom. The van der Waals surface area contributed by atoms with Crippen LogP contribution < -0.4 is 15.2 Å². The molecular formula is C13H19FN2O3S. The molecule has 3 N–H and O–H groups in total. The molecule has 1 aliphatic carbocycles. The fraction of sp³-hybridized carbons (Fsp3) is 0.538. The third-order valence-electron chi connectivity index (χ3n) is 3.56. The molecular weight excluding hydrogens is 283 g/mol. The van der Waals surface area contributed by atoms with Crippen molar-refractivity contribution < 1.29 is 17.5 Å². The molecule has 0 amide bonds. The van der Waals surface area contributed by atoms with E-state index in [9.17, 15) is 12.8 Å². The van der Waals surface area contributed by atoms with Gasteiger partial charge in [0.25, 0.3) is 0 Å². The van der Waals surface area contributed by atoms with Crippen LogP contribution in [0, 0.1) is 18.7 Å². The Balaban J connectivity index is 2.31. The molecule has 20 heavy (non-hydrogen) atoms. The molecule has 2 rings (SSSR count). The van der Waals surface area contributed by atoms with Crippen LogP contribution in [-0.4, -0.2) is 28.1 Å². The van der Waals surface area contributed by atoms with Crippen molar-refractivity contribution in [2.24, 2.45) is 11.7 Å². The number of benzene rings is 1. The van der Waals surface area contributed by atoms with Crippen LogP contribution in [0.5, 0.6) is 5.75 Å². The van der Waals surface area contributed by atoms with E-state index in [-0.39, 0.29) is 34.7 Å². The predicted octanol–water partition coefficient (Wildman–Crippen LogP) is 1.16. The topological polar surface area (TPSA) is 81.4 Å². The van der Waals surface area contributed by atoms with Crippen molar-refractivity contribution in [3.8, 4) is 5.75 Å². The van der Waals surface area contributed by atoms with Crippen LogP contribution in [0.3, 0.4) is 0 Å². The second-order valence-electron chi connectivity index (χ2n) is 5.01. The molecule has 0 radical (unpaired) electrons. The number of halogens is 1. The average Bonchev–Trinajstić information content (AvgIpc) is 3.23. The van der Waals surface area contributed by atoms with Crippen LogP contribution in [0.1, 0.15) is 18.4 Å². The second-order valence-corrected chi connectivity index (χ2v) is 6.69. The van der Waals surface area contributed by atoms with Gasteiger partial charge in [0.05, 0.1) is 12.0 Å². The Kier molecular flexibility index (Phi) is 4.31. The summed E-state index contributed by atoms with van der Waals surface area (Å²) in [7, 11) is -2.45. The molecule has 1 aliphatic rings. The smallest absolute Gasteiger partial charge is 0.241 e. The maximum absolute atomic E-state index is 13.9. The van der Waals surface area contributed by atoms with E-state index in [0.717, 1.165) is 12.8 Å². The highest BCUT2D eigenvalue weighted by molar-refractivity contribution is 7.89. The Morgan fingerprint density at radius 2 is 2.15 bits per heavy atom. The molecule has 0 aliphatic heterocycles. The van der Waals surface area contributed by atoms with Crippen LogP contribution >= 0.6 is 0 Å². The van der Waals surface area contributed by atoms with E-state index in [0.29, 0.717) is 0 Å². The lowest BCUT2D eigenvalue weighted by molar-refractivity contribution is 0.384. The molecule has 1 atom stereocenters. The van der Waals surface area contributed by atoms with E-state index in [2.05, 4.69) is 4.72 Å². The highest BCUT2D eigenvalue weighted by Crippen LogP contribution is 2.33. The molecule has 0 heterocycles. The lowest BCUT2D eigenvalue weighted by atomic mass is 10.2. The Hall–Kier alpha value is -1.18. The number of hydrogen-bond donors (Lipinski definition) is 2. The zero-order chi connectivity index (χ0) is 14.9. The van der Waals surface area contributed by atoms with Crippen molar-refractivity contribution in [3.63, 3.8) is 0 Å². The van der Waals surface area contributed by atoms with E-state index in [4.69, 9.17) is 10.5 Å². The number of hydrogen-bond acceptors (Lipinski definition) is 4. The first-order valence-electron chi connectivity index (χ1n) is 6.46. The van der Waals surface area contributed by atoms with Crippen molar-refractivity contribution in [2.45, 2.75) is 30.7 Å². The molecule has 0 saturated heterocycles. The minimum absolute atomic E-state index is 0.0269. The highest BCUT2D eigenvalue weighted by Gasteiger charge is 2.34. The number of rotatable bonds is 6. The Morgan fingerprint density at radius 3 is 2.65 bits per heavy atom. The molecule has 7 heteroatoms. The van der Waals surface area contributed by atoms with Gasteiger partial charge in [0.2, 0.25) is 10.0 Å². The summed E-state index contributed by atoms with van der Waals surface area (Å²) in [5, 5.41) is 0. The van der Waals surface area contributed by atoms with Crippen LogP contribution in [0.2, 0.25) is 0 Å². The Labute approximate surface area is 118 Å². The molecule has 1 aromatic rings. The Bertz CT molecular complexity index is 600. The number of ether oxygens (including phenoxy) is 1. The molecule has 112 valence electrons. The van der Waals surface area contributed by atoms with Gasteiger partial charge in [-0.3, -0.25) is 0 Å². The van der Waals surface area contributed by atoms with E-state index >= 15 is 0 Å². The maximum atomic E-state index is 13.9. The van der Waals surface area contributed by atoms with E-state index < -0.39 is 15.8 Å². The van der Waals surface area contributed by atoms with Crippen molar-refractivity contribution in [1.82, 2.24) is 4.72 Å². The molecule has 0 spiro atoms. The summed E-state index contributed by atoms with van der Waals surface area (Å²) in [6, 6.07) is 2.37. The first-order chi connectivity index (χ1) is 9.40. The third-order valence-corrected chi connectivity index (χ3v) is 5.20. The molecule has 1 fully saturated rings. The van der Waals surface area contributed by atoms with Gasteiger partial charge in [-0.1, -0.05) is 0 Å². The van der Waals surface area contributed by atoms with Gasteiger partial charge in [-0.05, 0) is 37.8 Å². The highest BCUT2D eigenvalue weighted by atomic mass is 32.2. The first-order valence-corrected chi connectivity index (χ1v) is 7.94. The average molecular weight is 302 g/mol. The standard InChI is InChI=1S/C13H19FN2O3S/c1-8-12(6-5-11(19-2)13(8)14)20(17,18)16-10(7-15)9-3-4-9/h5-6,9-10,16H,3-4,7,15H2,1-2H3. The molecule has 1 aromatic carbocycles. The predicted molar refractivity (Wildman–Crippen MR) is 73.6 cm³/mol. The lowest BCUT2D eigenvalue weighted by Gasteiger charge is -2.18. The molecule has 1 saturated carbocycles. The quantitative estimate of drug-likeness (QED) is 0.826. The van der Waals surface area contributed by atoms with E-state index in [1.807, 2.05) is 0 Å². The number of methoxy groups -OCH3 is 1. The summed E-state index contributed by atoms with van der Waals surface area (Å²) in [6.07, 6.45) is 1.95. The summed E-state index contributed by atoms with van der Waals surface area (Å²) in [5.41, 5.74) is 5.64. The molecule has 0 bridgehead atoms. The zero-order valence-corrected chi connectivity index (χ0v) is 12.3. The van der Waals surface area contributed by atoms with Gasteiger partial charge in [-0.15, -0.1) is 0 Å². The maximum Gasteiger partial charge on any atom is 0.241 e. The van der Waals surface area contributed by atoms with Crippen molar-refractivity contribution in [3.05, 3.63) is 23.5 Å².